The second kappa shape index (κ2) is 12.5. The predicted octanol–water partition coefficient (Wildman–Crippen LogP) is 0.232. The van der Waals surface area contributed by atoms with Crippen LogP contribution < -0.4 is 10.6 Å². The lowest BCUT2D eigenvalue weighted by Gasteiger charge is -2.34. The van der Waals surface area contributed by atoms with Crippen LogP contribution in [0.4, 0.5) is 0 Å². The van der Waals surface area contributed by atoms with Crippen molar-refractivity contribution in [3.8, 4) is 0 Å². The molecule has 0 saturated carbocycles. The first-order valence-electron chi connectivity index (χ1n) is 9.86. The van der Waals surface area contributed by atoms with E-state index in [1.807, 2.05) is 7.05 Å². The van der Waals surface area contributed by atoms with Gasteiger partial charge in [-0.15, -0.1) is 0 Å². The van der Waals surface area contributed by atoms with Crippen molar-refractivity contribution in [2.45, 2.75) is 19.8 Å². The molecule has 0 aromatic carbocycles. The van der Waals surface area contributed by atoms with E-state index in [-0.39, 0.29) is 0 Å². The van der Waals surface area contributed by atoms with Crippen LogP contribution in [-0.4, -0.2) is 102 Å². The highest BCUT2D eigenvalue weighted by molar-refractivity contribution is 5.79. The molecule has 25 heavy (non-hydrogen) atoms. The van der Waals surface area contributed by atoms with E-state index < -0.39 is 0 Å². The molecule has 2 N–H and O–H groups in total. The molecule has 0 radical (unpaired) electrons. The van der Waals surface area contributed by atoms with E-state index in [4.69, 9.17) is 9.47 Å². The summed E-state index contributed by atoms with van der Waals surface area (Å²) in [5, 5.41) is 6.76. The molecule has 2 aliphatic rings. The number of likely N-dealkylation sites (N-methyl/N-ethyl adjacent to an activating group) is 1. The molecule has 2 aliphatic heterocycles. The summed E-state index contributed by atoms with van der Waals surface area (Å²) in [4.78, 5) is 9.31. The minimum absolute atomic E-state index is 0.599. The molecule has 7 nitrogen and oxygen atoms in total. The first-order chi connectivity index (χ1) is 12.3. The smallest absolute Gasteiger partial charge is 0.191 e. The van der Waals surface area contributed by atoms with Gasteiger partial charge in [-0.1, -0.05) is 6.92 Å². The van der Waals surface area contributed by atoms with E-state index in [1.165, 1.54) is 32.7 Å². The lowest BCUT2D eigenvalue weighted by atomic mass is 10.1. The summed E-state index contributed by atoms with van der Waals surface area (Å²) in [6.45, 7) is 14.4. The van der Waals surface area contributed by atoms with Crippen molar-refractivity contribution in [3.63, 3.8) is 0 Å². The highest BCUT2D eigenvalue weighted by Gasteiger charge is 2.15. The fourth-order valence-corrected chi connectivity index (χ4v) is 3.23. The van der Waals surface area contributed by atoms with Crippen LogP contribution in [0.5, 0.6) is 0 Å². The number of piperazine rings is 1. The summed E-state index contributed by atoms with van der Waals surface area (Å²) >= 11 is 0. The SMILES string of the molecule is CCN1CCN(CCNC(=NC)NCCCOCC2CCOC2)CC1. The summed E-state index contributed by atoms with van der Waals surface area (Å²) < 4.78 is 11.1. The molecule has 0 spiro atoms. The van der Waals surface area contributed by atoms with Gasteiger partial charge in [0, 0.05) is 72.0 Å². The maximum atomic E-state index is 5.72. The fraction of sp³-hybridized carbons (Fsp3) is 0.944. The normalized spacial score (nSPS) is 23.1. The van der Waals surface area contributed by atoms with Crippen LogP contribution in [0.2, 0.25) is 0 Å². The van der Waals surface area contributed by atoms with Crippen molar-refractivity contribution in [1.29, 1.82) is 0 Å². The minimum atomic E-state index is 0.599. The molecule has 0 bridgehead atoms. The molecule has 7 heteroatoms. The van der Waals surface area contributed by atoms with E-state index in [1.54, 1.807) is 0 Å². The van der Waals surface area contributed by atoms with E-state index in [9.17, 15) is 0 Å². The standard InChI is InChI=1S/C18H37N5O2/c1-3-22-9-11-23(12-10-22)8-7-21-18(19-2)20-6-4-13-24-15-17-5-14-25-16-17/h17H,3-16H2,1-2H3,(H2,19,20,21). The molecule has 1 unspecified atom stereocenters. The van der Waals surface area contributed by atoms with Gasteiger partial charge in [-0.25, -0.2) is 0 Å². The molecule has 0 aromatic rings. The van der Waals surface area contributed by atoms with Crippen molar-refractivity contribution < 1.29 is 9.47 Å². The summed E-state index contributed by atoms with van der Waals surface area (Å²) in [5.74, 6) is 1.48. The molecule has 0 aromatic heterocycles. The second-order valence-corrected chi connectivity index (χ2v) is 6.86. The Balaban J connectivity index is 1.44. The van der Waals surface area contributed by atoms with Gasteiger partial charge in [0.2, 0.25) is 0 Å². The minimum Gasteiger partial charge on any atom is -0.381 e. The largest absolute Gasteiger partial charge is 0.381 e. The van der Waals surface area contributed by atoms with Crippen LogP contribution in [0.25, 0.3) is 0 Å². The van der Waals surface area contributed by atoms with Crippen molar-refractivity contribution in [2.24, 2.45) is 10.9 Å². The highest BCUT2D eigenvalue weighted by atomic mass is 16.5. The quantitative estimate of drug-likeness (QED) is 0.332. The predicted molar refractivity (Wildman–Crippen MR) is 102 cm³/mol. The number of hydrogen-bond donors (Lipinski definition) is 2. The second-order valence-electron chi connectivity index (χ2n) is 6.86. The van der Waals surface area contributed by atoms with E-state index in [2.05, 4.69) is 32.3 Å². The van der Waals surface area contributed by atoms with E-state index >= 15 is 0 Å². The van der Waals surface area contributed by atoms with Crippen molar-refractivity contribution >= 4 is 5.96 Å². The highest BCUT2D eigenvalue weighted by Crippen LogP contribution is 2.12. The molecule has 0 aliphatic carbocycles. The fourth-order valence-electron chi connectivity index (χ4n) is 3.23. The van der Waals surface area contributed by atoms with E-state index in [0.29, 0.717) is 5.92 Å². The Hall–Kier alpha value is -0.890. The molecule has 2 fully saturated rings. The van der Waals surface area contributed by atoms with Gasteiger partial charge in [0.25, 0.3) is 0 Å². The Morgan fingerprint density at radius 2 is 1.92 bits per heavy atom. The summed E-state index contributed by atoms with van der Waals surface area (Å²) in [7, 11) is 1.83. The third kappa shape index (κ3) is 8.35. The number of ether oxygens (including phenoxy) is 2. The number of hydrogen-bond acceptors (Lipinski definition) is 5. The number of aliphatic imine (C=N–C) groups is 1. The summed E-state index contributed by atoms with van der Waals surface area (Å²) in [5.41, 5.74) is 0. The zero-order valence-electron chi connectivity index (χ0n) is 16.1. The van der Waals surface area contributed by atoms with Crippen LogP contribution in [0.1, 0.15) is 19.8 Å². The van der Waals surface area contributed by atoms with Crippen molar-refractivity contribution in [2.75, 3.05) is 85.8 Å². The Morgan fingerprint density at radius 3 is 2.60 bits per heavy atom. The lowest BCUT2D eigenvalue weighted by molar-refractivity contribution is 0.0888. The lowest BCUT2D eigenvalue weighted by Crippen LogP contribution is -2.49. The maximum Gasteiger partial charge on any atom is 0.191 e. The Bertz CT molecular complexity index is 366. The average molecular weight is 356 g/mol. The third-order valence-corrected chi connectivity index (χ3v) is 4.99. The van der Waals surface area contributed by atoms with Gasteiger partial charge in [-0.2, -0.15) is 0 Å². The molecular formula is C18H37N5O2. The van der Waals surface area contributed by atoms with Crippen LogP contribution >= 0.6 is 0 Å². The van der Waals surface area contributed by atoms with Crippen LogP contribution in [-0.2, 0) is 9.47 Å². The topological polar surface area (TPSA) is 61.4 Å². The number of rotatable bonds is 10. The summed E-state index contributed by atoms with van der Waals surface area (Å²) in [6.07, 6.45) is 2.13. The molecule has 2 heterocycles. The first-order valence-corrected chi connectivity index (χ1v) is 9.86. The Kier molecular flexibility index (Phi) is 10.2. The van der Waals surface area contributed by atoms with Gasteiger partial charge < -0.3 is 25.0 Å². The van der Waals surface area contributed by atoms with Gasteiger partial charge in [0.15, 0.2) is 5.96 Å². The molecule has 0 amide bonds. The van der Waals surface area contributed by atoms with Crippen LogP contribution in [0, 0.1) is 5.92 Å². The molecule has 146 valence electrons. The molecule has 2 saturated heterocycles. The maximum absolute atomic E-state index is 5.72. The van der Waals surface area contributed by atoms with Crippen LogP contribution in [0.15, 0.2) is 4.99 Å². The van der Waals surface area contributed by atoms with Gasteiger partial charge in [0.1, 0.15) is 0 Å². The third-order valence-electron chi connectivity index (χ3n) is 4.99. The Morgan fingerprint density at radius 1 is 1.16 bits per heavy atom. The van der Waals surface area contributed by atoms with Gasteiger partial charge in [0.05, 0.1) is 13.2 Å². The zero-order valence-corrected chi connectivity index (χ0v) is 16.1. The van der Waals surface area contributed by atoms with Gasteiger partial charge in [-0.3, -0.25) is 9.89 Å². The Labute approximate surface area is 153 Å². The van der Waals surface area contributed by atoms with Crippen LogP contribution in [0.3, 0.4) is 0 Å². The van der Waals surface area contributed by atoms with Gasteiger partial charge >= 0.3 is 0 Å². The molecule has 1 atom stereocenters. The number of nitrogens with zero attached hydrogens (tertiary/aromatic N) is 3. The number of nitrogens with one attached hydrogen (secondary N) is 2. The molecular weight excluding hydrogens is 318 g/mol. The van der Waals surface area contributed by atoms with Gasteiger partial charge in [-0.05, 0) is 19.4 Å². The van der Waals surface area contributed by atoms with E-state index in [0.717, 1.165) is 64.9 Å². The first kappa shape index (κ1) is 20.4. The molecule has 2 rings (SSSR count). The van der Waals surface area contributed by atoms with Crippen molar-refractivity contribution in [3.05, 3.63) is 0 Å². The summed E-state index contributed by atoms with van der Waals surface area (Å²) in [6, 6.07) is 0. The van der Waals surface area contributed by atoms with Crippen molar-refractivity contribution in [1.82, 2.24) is 20.4 Å². The number of guanidine groups is 1. The monoisotopic (exact) mass is 355 g/mol. The zero-order chi connectivity index (χ0) is 17.7. The average Bonchev–Trinajstić information content (AvgIpc) is 3.17.